The highest BCUT2D eigenvalue weighted by molar-refractivity contribution is 7.92. The molecule has 1 heterocycles. The SMILES string of the molecule is Cc1ccc(/C=C/S(=O)(=O)NCc2ccc(Oc3cccc(F)c3)nc2)cc1. The van der Waals surface area contributed by atoms with Crippen molar-refractivity contribution < 1.29 is 17.5 Å². The van der Waals surface area contributed by atoms with Crippen LogP contribution >= 0.6 is 0 Å². The van der Waals surface area contributed by atoms with E-state index in [4.69, 9.17) is 4.74 Å². The highest BCUT2D eigenvalue weighted by Crippen LogP contribution is 2.20. The maximum absolute atomic E-state index is 13.2. The number of nitrogens with zero attached hydrogens (tertiary/aromatic N) is 1. The van der Waals surface area contributed by atoms with Crippen LogP contribution < -0.4 is 9.46 Å². The van der Waals surface area contributed by atoms with Gasteiger partial charge in [-0.05, 0) is 36.3 Å². The van der Waals surface area contributed by atoms with Crippen molar-refractivity contribution >= 4 is 16.1 Å². The molecule has 0 unspecified atom stereocenters. The van der Waals surface area contributed by atoms with Crippen molar-refractivity contribution in [2.45, 2.75) is 13.5 Å². The van der Waals surface area contributed by atoms with Crippen molar-refractivity contribution in [3.05, 3.63) is 94.8 Å². The van der Waals surface area contributed by atoms with E-state index in [1.54, 1.807) is 18.2 Å². The summed E-state index contributed by atoms with van der Waals surface area (Å²) < 4.78 is 45.3. The highest BCUT2D eigenvalue weighted by Gasteiger charge is 2.06. The number of ether oxygens (including phenoxy) is 1. The molecule has 3 rings (SSSR count). The molecule has 0 amide bonds. The number of nitrogens with one attached hydrogen (secondary N) is 1. The number of halogens is 1. The topological polar surface area (TPSA) is 68.3 Å². The first-order chi connectivity index (χ1) is 13.4. The van der Waals surface area contributed by atoms with E-state index >= 15 is 0 Å². The Morgan fingerprint density at radius 1 is 1.11 bits per heavy atom. The standard InChI is InChI=1S/C21H19FN2O3S/c1-16-5-7-17(8-6-16)11-12-28(25,26)24-15-18-9-10-21(23-14-18)27-20-4-2-3-19(22)13-20/h2-14,24H,15H2,1H3/b12-11+. The number of hydrogen-bond donors (Lipinski definition) is 1. The molecule has 0 atom stereocenters. The quantitative estimate of drug-likeness (QED) is 0.640. The molecule has 28 heavy (non-hydrogen) atoms. The number of pyridine rings is 1. The number of aryl methyl sites for hydroxylation is 1. The second kappa shape index (κ2) is 8.77. The Labute approximate surface area is 163 Å². The number of rotatable bonds is 7. The second-order valence-electron chi connectivity index (χ2n) is 6.14. The molecule has 0 spiro atoms. The van der Waals surface area contributed by atoms with Crippen molar-refractivity contribution in [1.82, 2.24) is 9.71 Å². The average Bonchev–Trinajstić information content (AvgIpc) is 2.67. The Balaban J connectivity index is 1.57. The number of aromatic nitrogens is 1. The van der Waals surface area contributed by atoms with Crippen LogP contribution in [0, 0.1) is 12.7 Å². The first-order valence-electron chi connectivity index (χ1n) is 8.52. The van der Waals surface area contributed by atoms with E-state index < -0.39 is 15.8 Å². The van der Waals surface area contributed by atoms with Gasteiger partial charge in [-0.15, -0.1) is 0 Å². The van der Waals surface area contributed by atoms with E-state index in [1.165, 1.54) is 30.5 Å². The van der Waals surface area contributed by atoms with Crippen molar-refractivity contribution in [2.75, 3.05) is 0 Å². The molecule has 1 N–H and O–H groups in total. The summed E-state index contributed by atoms with van der Waals surface area (Å²) in [5.41, 5.74) is 2.57. The molecular formula is C21H19FN2O3S. The molecule has 144 valence electrons. The summed E-state index contributed by atoms with van der Waals surface area (Å²) in [6.45, 7) is 2.06. The predicted octanol–water partition coefficient (Wildman–Crippen LogP) is 4.41. The van der Waals surface area contributed by atoms with Gasteiger partial charge in [-0.3, -0.25) is 0 Å². The summed E-state index contributed by atoms with van der Waals surface area (Å²) in [5, 5.41) is 1.13. The van der Waals surface area contributed by atoms with Crippen LogP contribution in [0.15, 0.2) is 72.3 Å². The fourth-order valence-electron chi connectivity index (χ4n) is 2.30. The number of benzene rings is 2. The average molecular weight is 398 g/mol. The van der Waals surface area contributed by atoms with Gasteiger partial charge in [-0.25, -0.2) is 22.5 Å². The molecule has 0 bridgehead atoms. The first-order valence-corrected chi connectivity index (χ1v) is 10.1. The summed E-state index contributed by atoms with van der Waals surface area (Å²) in [6.07, 6.45) is 3.04. The number of hydrogen-bond acceptors (Lipinski definition) is 4. The molecule has 0 aliphatic rings. The van der Waals surface area contributed by atoms with Gasteiger partial charge in [-0.1, -0.05) is 42.0 Å². The van der Waals surface area contributed by atoms with Crippen molar-refractivity contribution in [3.63, 3.8) is 0 Å². The van der Waals surface area contributed by atoms with Gasteiger partial charge in [-0.2, -0.15) is 0 Å². The molecule has 1 aromatic heterocycles. The van der Waals surface area contributed by atoms with Crippen molar-refractivity contribution in [2.24, 2.45) is 0 Å². The van der Waals surface area contributed by atoms with Gasteiger partial charge >= 0.3 is 0 Å². The van der Waals surface area contributed by atoms with Gasteiger partial charge in [0.2, 0.25) is 15.9 Å². The van der Waals surface area contributed by atoms with Crippen LogP contribution in [0.1, 0.15) is 16.7 Å². The van der Waals surface area contributed by atoms with Gasteiger partial charge in [0, 0.05) is 30.3 Å². The molecule has 0 saturated carbocycles. The zero-order chi connectivity index (χ0) is 20.0. The zero-order valence-corrected chi connectivity index (χ0v) is 16.0. The molecule has 3 aromatic rings. The van der Waals surface area contributed by atoms with Gasteiger partial charge < -0.3 is 4.74 Å². The molecular weight excluding hydrogens is 379 g/mol. The molecule has 0 saturated heterocycles. The van der Waals surface area contributed by atoms with Gasteiger partial charge in [0.05, 0.1) is 0 Å². The number of sulfonamides is 1. The van der Waals surface area contributed by atoms with Crippen LogP contribution in [0.2, 0.25) is 0 Å². The predicted molar refractivity (Wildman–Crippen MR) is 107 cm³/mol. The molecule has 0 radical (unpaired) electrons. The minimum atomic E-state index is -3.58. The summed E-state index contributed by atoms with van der Waals surface area (Å²) in [4.78, 5) is 4.11. The van der Waals surface area contributed by atoms with E-state index in [1.807, 2.05) is 31.2 Å². The largest absolute Gasteiger partial charge is 0.439 e. The summed E-state index contributed by atoms with van der Waals surface area (Å²) >= 11 is 0. The fraction of sp³-hybridized carbons (Fsp3) is 0.0952. The van der Waals surface area contributed by atoms with Crippen LogP contribution in [0.5, 0.6) is 11.6 Å². The third-order valence-electron chi connectivity index (χ3n) is 3.81. The lowest BCUT2D eigenvalue weighted by Crippen LogP contribution is -2.20. The van der Waals surface area contributed by atoms with Crippen LogP contribution in [-0.2, 0) is 16.6 Å². The van der Waals surface area contributed by atoms with Crippen LogP contribution in [0.3, 0.4) is 0 Å². The van der Waals surface area contributed by atoms with E-state index in [9.17, 15) is 12.8 Å². The molecule has 0 aliphatic carbocycles. The monoisotopic (exact) mass is 398 g/mol. The van der Waals surface area contributed by atoms with Crippen molar-refractivity contribution in [3.8, 4) is 11.6 Å². The lowest BCUT2D eigenvalue weighted by Gasteiger charge is -2.06. The lowest BCUT2D eigenvalue weighted by atomic mass is 10.2. The zero-order valence-electron chi connectivity index (χ0n) is 15.2. The van der Waals surface area contributed by atoms with Crippen molar-refractivity contribution in [1.29, 1.82) is 0 Å². The molecule has 5 nitrogen and oxygen atoms in total. The summed E-state index contributed by atoms with van der Waals surface area (Å²) in [7, 11) is -3.58. The summed E-state index contributed by atoms with van der Waals surface area (Å²) in [6, 6.07) is 16.5. The van der Waals surface area contributed by atoms with Crippen LogP contribution in [0.4, 0.5) is 4.39 Å². The third-order valence-corrected chi connectivity index (χ3v) is 4.85. The Kier molecular flexibility index (Phi) is 6.18. The maximum Gasteiger partial charge on any atom is 0.234 e. The summed E-state index contributed by atoms with van der Waals surface area (Å²) in [5.74, 6) is 0.223. The molecule has 7 heteroatoms. The smallest absolute Gasteiger partial charge is 0.234 e. The highest BCUT2D eigenvalue weighted by atomic mass is 32.2. The third kappa shape index (κ3) is 6.00. The molecule has 0 fully saturated rings. The van der Waals surface area contributed by atoms with E-state index in [0.717, 1.165) is 16.5 Å². The van der Waals surface area contributed by atoms with Gasteiger partial charge in [0.25, 0.3) is 0 Å². The fourth-order valence-corrected chi connectivity index (χ4v) is 3.11. The lowest BCUT2D eigenvalue weighted by molar-refractivity contribution is 0.457. The molecule has 0 aliphatic heterocycles. The Morgan fingerprint density at radius 2 is 1.89 bits per heavy atom. The minimum Gasteiger partial charge on any atom is -0.439 e. The normalized spacial score (nSPS) is 11.6. The Bertz CT molecular complexity index is 1060. The Morgan fingerprint density at radius 3 is 2.57 bits per heavy atom. The van der Waals surface area contributed by atoms with E-state index in [2.05, 4.69) is 9.71 Å². The Hall–Kier alpha value is -3.03. The van der Waals surface area contributed by atoms with Gasteiger partial charge in [0.15, 0.2) is 0 Å². The minimum absolute atomic E-state index is 0.0911. The van der Waals surface area contributed by atoms with Crippen LogP contribution in [0.25, 0.3) is 6.08 Å². The first kappa shape index (κ1) is 19.7. The van der Waals surface area contributed by atoms with Gasteiger partial charge in [0.1, 0.15) is 11.6 Å². The van der Waals surface area contributed by atoms with E-state index in [0.29, 0.717) is 11.3 Å². The van der Waals surface area contributed by atoms with Crippen LogP contribution in [-0.4, -0.2) is 13.4 Å². The van der Waals surface area contributed by atoms with E-state index in [-0.39, 0.29) is 12.4 Å². The molecule has 2 aromatic carbocycles. The maximum atomic E-state index is 13.2. The second-order valence-corrected chi connectivity index (χ2v) is 7.79.